The molecule has 10 aromatic rings. The zero-order valence-electron chi connectivity index (χ0n) is 38.6. The van der Waals surface area contributed by atoms with Gasteiger partial charge in [0.2, 0.25) is 0 Å². The summed E-state index contributed by atoms with van der Waals surface area (Å²) in [5.74, 6) is 1.08. The van der Waals surface area contributed by atoms with Crippen molar-refractivity contribution in [1.82, 2.24) is 4.57 Å². The molecule has 2 nitrogen and oxygen atoms in total. The second-order valence-electron chi connectivity index (χ2n) is 19.4. The van der Waals surface area contributed by atoms with Crippen molar-refractivity contribution in [3.63, 3.8) is 0 Å². The summed E-state index contributed by atoms with van der Waals surface area (Å²) in [5, 5.41) is 2.52. The normalized spacial score (nSPS) is 16.6. The lowest BCUT2D eigenvalue weighted by molar-refractivity contribution is 0.729. The highest BCUT2D eigenvalue weighted by Crippen LogP contribution is 2.51. The van der Waals surface area contributed by atoms with E-state index in [-0.39, 0.29) is 12.0 Å². The Hall–Kier alpha value is -7.94. The first kappa shape index (κ1) is 40.3. The van der Waals surface area contributed by atoms with Crippen LogP contribution in [0.3, 0.4) is 0 Å². The molecule has 2 aliphatic carbocycles. The van der Waals surface area contributed by atoms with Gasteiger partial charge in [0.1, 0.15) is 0 Å². The monoisotopic (exact) mass is 872 g/mol. The van der Waals surface area contributed by atoms with Gasteiger partial charge in [-0.05, 0) is 158 Å². The van der Waals surface area contributed by atoms with Crippen LogP contribution in [-0.4, -0.2) is 10.6 Å². The van der Waals surface area contributed by atoms with Gasteiger partial charge in [-0.3, -0.25) is 0 Å². The summed E-state index contributed by atoms with van der Waals surface area (Å²) in [4.78, 5) is 2.51. The minimum absolute atomic E-state index is 0.239. The van der Waals surface area contributed by atoms with Gasteiger partial charge in [0.05, 0.1) is 17.1 Å². The molecule has 1 aromatic heterocycles. The van der Waals surface area contributed by atoms with Crippen molar-refractivity contribution in [2.24, 2.45) is 0 Å². The van der Waals surface area contributed by atoms with Crippen LogP contribution in [0.1, 0.15) is 65.8 Å². The summed E-state index contributed by atoms with van der Waals surface area (Å²) in [6.45, 7) is 4.56. The third-order valence-corrected chi connectivity index (χ3v) is 15.1. The number of rotatable bonds is 9. The molecular weight excluding hydrogens is 821 g/mol. The number of allylic oxidation sites excluding steroid dienone is 2. The van der Waals surface area contributed by atoms with Crippen LogP contribution in [0.25, 0.3) is 72.0 Å². The van der Waals surface area contributed by atoms with E-state index in [9.17, 15) is 0 Å². The number of hydrogen-bond donors (Lipinski definition) is 0. The first-order valence-corrected chi connectivity index (χ1v) is 24.4. The molecule has 2 heteroatoms. The zero-order chi connectivity index (χ0) is 45.3. The van der Waals surface area contributed by atoms with Gasteiger partial charge in [0, 0.05) is 39.7 Å². The maximum absolute atomic E-state index is 2.51. The average molecular weight is 873 g/mol. The van der Waals surface area contributed by atoms with Crippen LogP contribution in [0, 0.1) is 0 Å². The molecular formula is C66H52N2. The number of benzene rings is 9. The summed E-state index contributed by atoms with van der Waals surface area (Å²) in [5.41, 5.74) is 23.3. The van der Waals surface area contributed by atoms with Gasteiger partial charge in [0.15, 0.2) is 0 Å². The van der Waals surface area contributed by atoms with Crippen molar-refractivity contribution in [2.75, 3.05) is 4.90 Å². The van der Waals surface area contributed by atoms with E-state index in [0.717, 1.165) is 12.8 Å². The quantitative estimate of drug-likeness (QED) is 0.140. The summed E-state index contributed by atoms with van der Waals surface area (Å²) < 4.78 is 2.50. The smallest absolute Gasteiger partial charge is 0.0629 e. The van der Waals surface area contributed by atoms with Crippen LogP contribution in [0.15, 0.2) is 231 Å². The highest BCUT2D eigenvalue weighted by Gasteiger charge is 2.38. The van der Waals surface area contributed by atoms with Crippen LogP contribution in [-0.2, 0) is 6.42 Å². The van der Waals surface area contributed by atoms with Gasteiger partial charge in [-0.2, -0.15) is 0 Å². The lowest BCUT2D eigenvalue weighted by Gasteiger charge is -2.28. The van der Waals surface area contributed by atoms with Gasteiger partial charge in [-0.1, -0.05) is 178 Å². The molecule has 0 saturated heterocycles. The molecule has 2 heterocycles. The number of aromatic nitrogens is 1. The first-order valence-electron chi connectivity index (χ1n) is 24.4. The summed E-state index contributed by atoms with van der Waals surface area (Å²) in [6, 6.07) is 77.9. The van der Waals surface area contributed by atoms with Crippen molar-refractivity contribution in [3.8, 4) is 50.2 Å². The van der Waals surface area contributed by atoms with Crippen LogP contribution in [0.5, 0.6) is 0 Å². The van der Waals surface area contributed by atoms with Crippen molar-refractivity contribution < 1.29 is 0 Å². The third-order valence-electron chi connectivity index (χ3n) is 15.1. The third kappa shape index (κ3) is 6.77. The summed E-state index contributed by atoms with van der Waals surface area (Å²) in [6.07, 6.45) is 11.3. The second kappa shape index (κ2) is 16.4. The zero-order valence-corrected chi connectivity index (χ0v) is 38.6. The van der Waals surface area contributed by atoms with Gasteiger partial charge >= 0.3 is 0 Å². The Morgan fingerprint density at radius 1 is 0.441 bits per heavy atom. The fourth-order valence-electron chi connectivity index (χ4n) is 11.7. The Balaban J connectivity index is 0.951. The molecule has 3 aliphatic rings. The molecule has 0 fully saturated rings. The fourth-order valence-corrected chi connectivity index (χ4v) is 11.7. The number of fused-ring (bicyclic) bond motifs is 9. The van der Waals surface area contributed by atoms with Crippen LogP contribution < -0.4 is 4.90 Å². The average Bonchev–Trinajstić information content (AvgIpc) is 4.02. The molecule has 3 unspecified atom stereocenters. The highest BCUT2D eigenvalue weighted by molar-refractivity contribution is 6.12. The number of aryl methyl sites for hydroxylation is 1. The Kier molecular flexibility index (Phi) is 9.75. The van der Waals surface area contributed by atoms with E-state index in [1.165, 1.54) is 111 Å². The van der Waals surface area contributed by atoms with E-state index >= 15 is 0 Å². The lowest BCUT2D eigenvalue weighted by atomic mass is 9.89. The lowest BCUT2D eigenvalue weighted by Crippen LogP contribution is -2.28. The Labute approximate surface area is 399 Å². The Morgan fingerprint density at radius 2 is 1.01 bits per heavy atom. The van der Waals surface area contributed by atoms with E-state index < -0.39 is 0 Å². The summed E-state index contributed by atoms with van der Waals surface area (Å²) in [7, 11) is 0. The van der Waals surface area contributed by atoms with Crippen molar-refractivity contribution >= 4 is 33.2 Å². The molecule has 0 amide bonds. The van der Waals surface area contributed by atoms with Crippen LogP contribution in [0.2, 0.25) is 0 Å². The molecule has 0 spiro atoms. The summed E-state index contributed by atoms with van der Waals surface area (Å²) >= 11 is 0. The topological polar surface area (TPSA) is 8.17 Å². The molecule has 326 valence electrons. The van der Waals surface area contributed by atoms with Crippen LogP contribution >= 0.6 is 0 Å². The molecule has 68 heavy (non-hydrogen) atoms. The molecule has 0 N–H and O–H groups in total. The van der Waals surface area contributed by atoms with Crippen molar-refractivity contribution in [2.45, 2.75) is 50.5 Å². The standard InChI is InChI=1S/C66H52N2/c1-43(2)46-19-14-20-47(37-46)49-26-32-55-54(31-25-44-15-6-3-7-16-44)56-33-27-50(39-59(56)58(55)38-49)51-29-35-65-61(41-51)60-40-48(45-17-8-4-9-18-45)28-34-64(60)68(65)53-30-36-66-62(42-53)57-23-12-13-24-63(57)67(66)52-21-10-5-11-22-52/h3-24,26-30,32-43,54,57,63H,25,31H2,1-2H3. The molecule has 0 bridgehead atoms. The van der Waals surface area contributed by atoms with Gasteiger partial charge in [-0.25, -0.2) is 0 Å². The SMILES string of the molecule is CC(C)c1cccc(-c2ccc3c(c2)-c2cc(-c4ccc5c(c4)c4cc(-c6ccccc6)ccc4n5-c4ccc5c(c4)C4C=CC=CC4N5c4ccccc4)ccc2C3CCc2ccccc2)c1. The minimum Gasteiger partial charge on any atom is -0.333 e. The van der Waals surface area contributed by atoms with Gasteiger partial charge < -0.3 is 9.47 Å². The predicted molar refractivity (Wildman–Crippen MR) is 287 cm³/mol. The number of anilines is 2. The molecule has 9 aromatic carbocycles. The second-order valence-corrected chi connectivity index (χ2v) is 19.4. The first-order chi connectivity index (χ1) is 33.5. The number of nitrogens with zero attached hydrogens (tertiary/aromatic N) is 2. The number of para-hydroxylation sites is 1. The molecule has 3 atom stereocenters. The molecule has 0 radical (unpaired) electrons. The Bertz CT molecular complexity index is 3610. The van der Waals surface area contributed by atoms with Crippen LogP contribution in [0.4, 0.5) is 11.4 Å². The van der Waals surface area contributed by atoms with E-state index in [1.807, 2.05) is 0 Å². The largest absolute Gasteiger partial charge is 0.333 e. The van der Waals surface area contributed by atoms with E-state index in [2.05, 4.69) is 254 Å². The maximum Gasteiger partial charge on any atom is 0.0629 e. The fraction of sp³-hybridized carbons (Fsp3) is 0.121. The number of hydrogen-bond acceptors (Lipinski definition) is 1. The Morgan fingerprint density at radius 3 is 1.69 bits per heavy atom. The van der Waals surface area contributed by atoms with Crippen molar-refractivity contribution in [3.05, 3.63) is 258 Å². The molecule has 1 aliphatic heterocycles. The molecule has 0 saturated carbocycles. The van der Waals surface area contributed by atoms with Gasteiger partial charge in [0.25, 0.3) is 0 Å². The van der Waals surface area contributed by atoms with E-state index in [4.69, 9.17) is 0 Å². The minimum atomic E-state index is 0.239. The highest BCUT2D eigenvalue weighted by atomic mass is 15.2. The van der Waals surface area contributed by atoms with E-state index in [1.54, 1.807) is 0 Å². The predicted octanol–water partition coefficient (Wildman–Crippen LogP) is 17.4. The maximum atomic E-state index is 2.51. The van der Waals surface area contributed by atoms with Gasteiger partial charge in [-0.15, -0.1) is 0 Å². The molecule has 13 rings (SSSR count). The van der Waals surface area contributed by atoms with E-state index in [0.29, 0.717) is 11.8 Å². The van der Waals surface area contributed by atoms with Crippen molar-refractivity contribution in [1.29, 1.82) is 0 Å².